The quantitative estimate of drug-likeness (QED) is 0.510. The maximum absolute atomic E-state index is 12.8. The normalized spacial score (nSPS) is 10.8. The standard InChI is InChI=1S/C21H15NO/c23-21(17-9-2-1-3-10-17)22-15-7-14-20(22)19-13-6-11-16-8-4-5-12-18(16)19/h1-15H. The van der Waals surface area contributed by atoms with Gasteiger partial charge in [0, 0.05) is 17.3 Å². The van der Waals surface area contributed by atoms with Gasteiger partial charge in [0.25, 0.3) is 5.91 Å². The molecule has 0 aliphatic heterocycles. The Morgan fingerprint density at radius 3 is 2.30 bits per heavy atom. The van der Waals surface area contributed by atoms with Crippen molar-refractivity contribution in [2.45, 2.75) is 0 Å². The highest BCUT2D eigenvalue weighted by Gasteiger charge is 2.14. The molecule has 0 amide bonds. The molecular weight excluding hydrogens is 282 g/mol. The highest BCUT2D eigenvalue weighted by atomic mass is 16.2. The lowest BCUT2D eigenvalue weighted by molar-refractivity contribution is 0.0962. The first-order chi connectivity index (χ1) is 11.3. The average Bonchev–Trinajstić information content (AvgIpc) is 3.11. The zero-order valence-corrected chi connectivity index (χ0v) is 12.5. The van der Waals surface area contributed by atoms with Crippen LogP contribution in [0.3, 0.4) is 0 Å². The summed E-state index contributed by atoms with van der Waals surface area (Å²) < 4.78 is 1.72. The van der Waals surface area contributed by atoms with E-state index in [4.69, 9.17) is 0 Å². The van der Waals surface area contributed by atoms with E-state index in [0.717, 1.165) is 16.6 Å². The van der Waals surface area contributed by atoms with Crippen LogP contribution >= 0.6 is 0 Å². The van der Waals surface area contributed by atoms with Crippen molar-refractivity contribution in [2.75, 3.05) is 0 Å². The number of aromatic nitrogens is 1. The number of nitrogens with zero attached hydrogens (tertiary/aromatic N) is 1. The van der Waals surface area contributed by atoms with Crippen LogP contribution in [0.15, 0.2) is 91.1 Å². The first kappa shape index (κ1) is 13.5. The number of fused-ring (bicyclic) bond motifs is 1. The molecule has 2 heteroatoms. The molecule has 1 aromatic heterocycles. The van der Waals surface area contributed by atoms with E-state index < -0.39 is 0 Å². The highest BCUT2D eigenvalue weighted by Crippen LogP contribution is 2.29. The third-order valence-corrected chi connectivity index (χ3v) is 4.05. The Labute approximate surface area is 134 Å². The molecule has 3 aromatic carbocycles. The highest BCUT2D eigenvalue weighted by molar-refractivity contribution is 6.02. The molecule has 110 valence electrons. The van der Waals surface area contributed by atoms with Crippen LogP contribution in [0.4, 0.5) is 0 Å². The van der Waals surface area contributed by atoms with Crippen molar-refractivity contribution in [2.24, 2.45) is 0 Å². The van der Waals surface area contributed by atoms with E-state index in [9.17, 15) is 4.79 Å². The minimum absolute atomic E-state index is 0.0152. The molecule has 0 saturated carbocycles. The van der Waals surface area contributed by atoms with Crippen molar-refractivity contribution < 1.29 is 4.79 Å². The van der Waals surface area contributed by atoms with Gasteiger partial charge in [-0.2, -0.15) is 0 Å². The third-order valence-electron chi connectivity index (χ3n) is 4.05. The summed E-state index contributed by atoms with van der Waals surface area (Å²) in [5.41, 5.74) is 2.67. The van der Waals surface area contributed by atoms with Crippen molar-refractivity contribution in [3.05, 3.63) is 96.7 Å². The van der Waals surface area contributed by atoms with Gasteiger partial charge < -0.3 is 0 Å². The number of rotatable bonds is 2. The smallest absolute Gasteiger partial charge is 0.262 e. The Morgan fingerprint density at radius 1 is 0.696 bits per heavy atom. The molecular formula is C21H15NO. The first-order valence-corrected chi connectivity index (χ1v) is 7.60. The second-order valence-corrected chi connectivity index (χ2v) is 5.46. The molecule has 0 radical (unpaired) electrons. The predicted molar refractivity (Wildman–Crippen MR) is 93.5 cm³/mol. The lowest BCUT2D eigenvalue weighted by Crippen LogP contribution is -2.11. The van der Waals surface area contributed by atoms with Gasteiger partial charge in [0.2, 0.25) is 0 Å². The summed E-state index contributed by atoms with van der Waals surface area (Å²) in [6.45, 7) is 0. The van der Waals surface area contributed by atoms with E-state index in [1.165, 1.54) is 5.39 Å². The molecule has 4 aromatic rings. The lowest BCUT2D eigenvalue weighted by atomic mass is 10.0. The molecule has 0 fully saturated rings. The summed E-state index contributed by atoms with van der Waals surface area (Å²) in [5.74, 6) is -0.0152. The van der Waals surface area contributed by atoms with Crippen LogP contribution in [-0.4, -0.2) is 10.5 Å². The third kappa shape index (κ3) is 2.34. The van der Waals surface area contributed by atoms with E-state index in [2.05, 4.69) is 24.3 Å². The number of carbonyl (C=O) groups excluding carboxylic acids is 1. The van der Waals surface area contributed by atoms with E-state index in [1.807, 2.05) is 66.9 Å². The van der Waals surface area contributed by atoms with Crippen molar-refractivity contribution in [1.82, 2.24) is 4.57 Å². The van der Waals surface area contributed by atoms with Crippen LogP contribution in [0.25, 0.3) is 22.0 Å². The van der Waals surface area contributed by atoms with Crippen molar-refractivity contribution in [1.29, 1.82) is 0 Å². The van der Waals surface area contributed by atoms with Crippen LogP contribution in [0, 0.1) is 0 Å². The summed E-state index contributed by atoms with van der Waals surface area (Å²) >= 11 is 0. The number of benzene rings is 3. The molecule has 0 saturated heterocycles. The van der Waals surface area contributed by atoms with Gasteiger partial charge >= 0.3 is 0 Å². The maximum atomic E-state index is 12.8. The average molecular weight is 297 g/mol. The Balaban J connectivity index is 1.88. The molecule has 23 heavy (non-hydrogen) atoms. The fraction of sp³-hybridized carbons (Fsp3) is 0. The Bertz CT molecular complexity index is 978. The Hall–Kier alpha value is -3.13. The van der Waals surface area contributed by atoms with Gasteiger partial charge in [-0.1, -0.05) is 60.7 Å². The Morgan fingerprint density at radius 2 is 1.43 bits per heavy atom. The van der Waals surface area contributed by atoms with Gasteiger partial charge in [0.05, 0.1) is 5.69 Å². The van der Waals surface area contributed by atoms with Gasteiger partial charge in [-0.25, -0.2) is 0 Å². The van der Waals surface area contributed by atoms with E-state index in [-0.39, 0.29) is 5.91 Å². The van der Waals surface area contributed by atoms with Crippen LogP contribution < -0.4 is 0 Å². The van der Waals surface area contributed by atoms with Crippen molar-refractivity contribution in [3.8, 4) is 11.3 Å². The molecule has 0 bridgehead atoms. The van der Waals surface area contributed by atoms with Crippen molar-refractivity contribution in [3.63, 3.8) is 0 Å². The second kappa shape index (κ2) is 5.58. The summed E-state index contributed by atoms with van der Waals surface area (Å²) in [7, 11) is 0. The predicted octanol–water partition coefficient (Wildman–Crippen LogP) is 5.00. The fourth-order valence-corrected chi connectivity index (χ4v) is 2.95. The molecule has 0 unspecified atom stereocenters. The van der Waals surface area contributed by atoms with Gasteiger partial charge in [-0.05, 0) is 35.0 Å². The number of hydrogen-bond acceptors (Lipinski definition) is 1. The number of carbonyl (C=O) groups is 1. The molecule has 0 aliphatic carbocycles. The maximum Gasteiger partial charge on any atom is 0.262 e. The van der Waals surface area contributed by atoms with E-state index >= 15 is 0 Å². The summed E-state index contributed by atoms with van der Waals surface area (Å²) in [5, 5.41) is 2.32. The monoisotopic (exact) mass is 297 g/mol. The molecule has 2 nitrogen and oxygen atoms in total. The lowest BCUT2D eigenvalue weighted by Gasteiger charge is -2.11. The fourth-order valence-electron chi connectivity index (χ4n) is 2.95. The Kier molecular flexibility index (Phi) is 3.28. The molecule has 4 rings (SSSR count). The zero-order chi connectivity index (χ0) is 15.6. The zero-order valence-electron chi connectivity index (χ0n) is 12.5. The SMILES string of the molecule is O=C(c1ccccc1)n1cccc1-c1cccc2ccccc12. The molecule has 0 N–H and O–H groups in total. The van der Waals surface area contributed by atoms with Gasteiger partial charge in [-0.3, -0.25) is 9.36 Å². The summed E-state index contributed by atoms with van der Waals surface area (Å²) in [6.07, 6.45) is 1.83. The summed E-state index contributed by atoms with van der Waals surface area (Å²) in [6, 6.07) is 27.7. The molecule has 0 spiro atoms. The molecule has 1 heterocycles. The second-order valence-electron chi connectivity index (χ2n) is 5.46. The molecule has 0 aliphatic rings. The number of hydrogen-bond donors (Lipinski definition) is 0. The van der Waals surface area contributed by atoms with Gasteiger partial charge in [0.15, 0.2) is 0 Å². The largest absolute Gasteiger partial charge is 0.283 e. The first-order valence-electron chi connectivity index (χ1n) is 7.60. The van der Waals surface area contributed by atoms with Gasteiger partial charge in [-0.15, -0.1) is 0 Å². The van der Waals surface area contributed by atoms with E-state index in [1.54, 1.807) is 4.57 Å². The molecule has 0 atom stereocenters. The topological polar surface area (TPSA) is 22.0 Å². The van der Waals surface area contributed by atoms with Crippen LogP contribution in [0.5, 0.6) is 0 Å². The summed E-state index contributed by atoms with van der Waals surface area (Å²) in [4.78, 5) is 12.8. The van der Waals surface area contributed by atoms with E-state index in [0.29, 0.717) is 5.56 Å². The van der Waals surface area contributed by atoms with Crippen LogP contribution in [0.1, 0.15) is 10.4 Å². The van der Waals surface area contributed by atoms with Gasteiger partial charge in [0.1, 0.15) is 0 Å². The van der Waals surface area contributed by atoms with Crippen molar-refractivity contribution >= 4 is 16.7 Å². The van der Waals surface area contributed by atoms with Crippen LogP contribution in [0.2, 0.25) is 0 Å². The minimum atomic E-state index is -0.0152. The minimum Gasteiger partial charge on any atom is -0.283 e. The van der Waals surface area contributed by atoms with Crippen LogP contribution in [-0.2, 0) is 0 Å².